The Balaban J connectivity index is 2.07. The third-order valence-corrected chi connectivity index (χ3v) is 4.77. The summed E-state index contributed by atoms with van der Waals surface area (Å²) in [6.07, 6.45) is 5.65. The number of aromatic amines is 1. The molecular formula is C14H13Br2N3O2. The maximum atomic E-state index is 12.3. The molecule has 21 heavy (non-hydrogen) atoms. The molecule has 0 aliphatic heterocycles. The smallest absolute Gasteiger partial charge is 0.258 e. The average molecular weight is 415 g/mol. The van der Waals surface area contributed by atoms with E-state index in [1.54, 1.807) is 6.20 Å². The third kappa shape index (κ3) is 2.89. The summed E-state index contributed by atoms with van der Waals surface area (Å²) in [4.78, 5) is 23.4. The van der Waals surface area contributed by atoms with Crippen molar-refractivity contribution in [2.45, 2.75) is 31.6 Å². The van der Waals surface area contributed by atoms with Gasteiger partial charge in [0.05, 0.1) is 5.56 Å². The lowest BCUT2D eigenvalue weighted by Gasteiger charge is -2.11. The van der Waals surface area contributed by atoms with Crippen LogP contribution in [0.5, 0.6) is 5.88 Å². The molecule has 0 aromatic carbocycles. The molecule has 0 amide bonds. The molecule has 7 heteroatoms. The molecular weight excluding hydrogens is 402 g/mol. The maximum Gasteiger partial charge on any atom is 0.258 e. The Morgan fingerprint density at radius 2 is 2.00 bits per heavy atom. The number of nitrogens with zero attached hydrogens (tertiary/aromatic N) is 2. The Morgan fingerprint density at radius 3 is 2.62 bits per heavy atom. The fourth-order valence-electron chi connectivity index (χ4n) is 2.75. The fourth-order valence-corrected chi connectivity index (χ4v) is 3.93. The molecule has 110 valence electrons. The molecule has 2 N–H and O–H groups in total. The van der Waals surface area contributed by atoms with Crippen molar-refractivity contribution in [3.8, 4) is 17.4 Å². The molecule has 0 unspecified atom stereocenters. The number of nitrogens with one attached hydrogen (secondary N) is 1. The van der Waals surface area contributed by atoms with Gasteiger partial charge in [0.2, 0.25) is 5.88 Å². The molecule has 0 saturated heterocycles. The molecule has 0 atom stereocenters. The lowest BCUT2D eigenvalue weighted by atomic mass is 10.00. The van der Waals surface area contributed by atoms with Crippen LogP contribution in [0.4, 0.5) is 0 Å². The highest BCUT2D eigenvalue weighted by Gasteiger charge is 2.25. The Kier molecular flexibility index (Phi) is 4.12. The summed E-state index contributed by atoms with van der Waals surface area (Å²) in [5, 5.41) is 10.2. The zero-order chi connectivity index (χ0) is 15.0. The Morgan fingerprint density at radius 1 is 1.29 bits per heavy atom. The van der Waals surface area contributed by atoms with E-state index in [4.69, 9.17) is 0 Å². The van der Waals surface area contributed by atoms with E-state index < -0.39 is 0 Å². The summed E-state index contributed by atoms with van der Waals surface area (Å²) in [5.74, 6) is 0.188. The minimum atomic E-state index is -0.277. The first-order chi connectivity index (χ1) is 10.1. The largest absolute Gasteiger partial charge is 0.493 e. The number of aromatic hydroxyl groups is 1. The van der Waals surface area contributed by atoms with Gasteiger partial charge in [-0.3, -0.25) is 9.78 Å². The second-order valence-corrected chi connectivity index (χ2v) is 6.89. The van der Waals surface area contributed by atoms with Crippen LogP contribution in [0.2, 0.25) is 0 Å². The number of aromatic nitrogens is 3. The zero-order valence-electron chi connectivity index (χ0n) is 11.1. The van der Waals surface area contributed by atoms with Crippen LogP contribution < -0.4 is 5.56 Å². The van der Waals surface area contributed by atoms with Crippen LogP contribution >= 0.6 is 31.9 Å². The van der Waals surface area contributed by atoms with Gasteiger partial charge in [-0.1, -0.05) is 12.8 Å². The quantitative estimate of drug-likeness (QED) is 0.784. The molecule has 0 spiro atoms. The van der Waals surface area contributed by atoms with Gasteiger partial charge in [0.1, 0.15) is 5.69 Å². The maximum absolute atomic E-state index is 12.3. The van der Waals surface area contributed by atoms with Gasteiger partial charge < -0.3 is 10.1 Å². The van der Waals surface area contributed by atoms with Crippen molar-refractivity contribution in [1.29, 1.82) is 0 Å². The minimum Gasteiger partial charge on any atom is -0.493 e. The summed E-state index contributed by atoms with van der Waals surface area (Å²) >= 11 is 6.70. The normalized spacial score (nSPS) is 15.5. The molecule has 1 fully saturated rings. The zero-order valence-corrected chi connectivity index (χ0v) is 14.2. The molecule has 2 aromatic rings. The van der Waals surface area contributed by atoms with Crippen LogP contribution in [0.25, 0.3) is 11.5 Å². The van der Waals surface area contributed by atoms with Crippen LogP contribution in [0.3, 0.4) is 0 Å². The molecule has 2 aromatic heterocycles. The molecule has 5 nitrogen and oxygen atoms in total. The van der Waals surface area contributed by atoms with Gasteiger partial charge in [-0.25, -0.2) is 0 Å². The molecule has 1 aliphatic rings. The first-order valence-electron chi connectivity index (χ1n) is 6.71. The molecule has 1 aliphatic carbocycles. The summed E-state index contributed by atoms with van der Waals surface area (Å²) in [7, 11) is 0. The monoisotopic (exact) mass is 413 g/mol. The summed E-state index contributed by atoms with van der Waals surface area (Å²) < 4.78 is 1.50. The van der Waals surface area contributed by atoms with E-state index in [1.165, 1.54) is 0 Å². The molecule has 0 bridgehead atoms. The second kappa shape index (κ2) is 5.88. The van der Waals surface area contributed by atoms with Crippen molar-refractivity contribution < 1.29 is 5.11 Å². The number of hydrogen-bond acceptors (Lipinski definition) is 4. The van der Waals surface area contributed by atoms with Crippen LogP contribution in [0, 0.1) is 0 Å². The van der Waals surface area contributed by atoms with Gasteiger partial charge in [-0.2, -0.15) is 4.98 Å². The van der Waals surface area contributed by atoms with E-state index in [1.807, 2.05) is 6.07 Å². The van der Waals surface area contributed by atoms with Crippen LogP contribution in [-0.2, 0) is 0 Å². The summed E-state index contributed by atoms with van der Waals surface area (Å²) in [6.45, 7) is 0. The van der Waals surface area contributed by atoms with E-state index in [-0.39, 0.29) is 23.2 Å². The number of hydrogen-bond donors (Lipinski definition) is 2. The number of H-pyrrole nitrogens is 1. The van der Waals surface area contributed by atoms with Gasteiger partial charge in [-0.05, 0) is 56.7 Å². The van der Waals surface area contributed by atoms with Gasteiger partial charge >= 0.3 is 0 Å². The van der Waals surface area contributed by atoms with Gasteiger partial charge in [-0.15, -0.1) is 0 Å². The van der Waals surface area contributed by atoms with Crippen LogP contribution in [-0.4, -0.2) is 20.1 Å². The van der Waals surface area contributed by atoms with E-state index in [0.29, 0.717) is 15.7 Å². The van der Waals surface area contributed by atoms with Crippen molar-refractivity contribution in [3.05, 3.63) is 37.1 Å². The summed E-state index contributed by atoms with van der Waals surface area (Å²) in [5.41, 5.74) is 0.620. The highest BCUT2D eigenvalue weighted by Crippen LogP contribution is 2.36. The Hall–Kier alpha value is -1.21. The predicted molar refractivity (Wildman–Crippen MR) is 86.4 cm³/mol. The van der Waals surface area contributed by atoms with E-state index >= 15 is 0 Å². The standard InChI is InChI=1S/C14H13Br2N3O2/c15-8-5-9(16)11(17-6-8)12-18-13(20)10(14(21)19-12)7-3-1-2-4-7/h5-7H,1-4H2,(H2,18,19,20,21). The second-order valence-electron chi connectivity index (χ2n) is 5.12. The molecule has 1 saturated carbocycles. The lowest BCUT2D eigenvalue weighted by molar-refractivity contribution is 0.436. The van der Waals surface area contributed by atoms with Crippen LogP contribution in [0.1, 0.15) is 37.2 Å². The van der Waals surface area contributed by atoms with E-state index in [9.17, 15) is 9.90 Å². The van der Waals surface area contributed by atoms with Gasteiger partial charge in [0.15, 0.2) is 5.82 Å². The molecule has 0 radical (unpaired) electrons. The van der Waals surface area contributed by atoms with Crippen molar-refractivity contribution in [2.75, 3.05) is 0 Å². The van der Waals surface area contributed by atoms with Crippen molar-refractivity contribution in [3.63, 3.8) is 0 Å². The van der Waals surface area contributed by atoms with E-state index in [2.05, 4.69) is 46.8 Å². The fraction of sp³-hybridized carbons (Fsp3) is 0.357. The topological polar surface area (TPSA) is 78.9 Å². The first kappa shape index (κ1) is 14.7. The van der Waals surface area contributed by atoms with Gasteiger partial charge in [0.25, 0.3) is 5.56 Å². The highest BCUT2D eigenvalue weighted by atomic mass is 79.9. The molecule has 3 rings (SSSR count). The third-order valence-electron chi connectivity index (χ3n) is 3.73. The summed E-state index contributed by atoms with van der Waals surface area (Å²) in [6, 6.07) is 1.81. The average Bonchev–Trinajstić information content (AvgIpc) is 2.91. The van der Waals surface area contributed by atoms with Crippen molar-refractivity contribution in [1.82, 2.24) is 15.0 Å². The number of pyridine rings is 1. The molecule has 2 heterocycles. The van der Waals surface area contributed by atoms with Gasteiger partial charge in [0, 0.05) is 15.1 Å². The Bertz CT molecular complexity index is 739. The Labute approximate surface area is 138 Å². The number of rotatable bonds is 2. The SMILES string of the molecule is O=c1[nH]c(-c2ncc(Br)cc2Br)nc(O)c1C1CCCC1. The minimum absolute atomic E-state index is 0.108. The predicted octanol–water partition coefficient (Wildman–Crippen LogP) is 3.72. The lowest BCUT2D eigenvalue weighted by Crippen LogP contribution is -2.17. The van der Waals surface area contributed by atoms with Crippen molar-refractivity contribution in [2.24, 2.45) is 0 Å². The van der Waals surface area contributed by atoms with Crippen LogP contribution in [0.15, 0.2) is 26.0 Å². The number of halogens is 2. The highest BCUT2D eigenvalue weighted by molar-refractivity contribution is 9.11. The van der Waals surface area contributed by atoms with Crippen molar-refractivity contribution >= 4 is 31.9 Å². The first-order valence-corrected chi connectivity index (χ1v) is 8.29. The van der Waals surface area contributed by atoms with E-state index in [0.717, 1.165) is 30.2 Å².